The van der Waals surface area contributed by atoms with Gasteiger partial charge in [0.2, 0.25) is 5.84 Å². The minimum Gasteiger partial charge on any atom is -0.375 e. The molecule has 0 spiro atoms. The Balaban J connectivity index is 4.09. The number of allylic oxidation sites excluding steroid dienone is 3. The summed E-state index contributed by atoms with van der Waals surface area (Å²) in [6, 6.07) is 1.67. The lowest BCUT2D eigenvalue weighted by atomic mass is 9.96. The summed E-state index contributed by atoms with van der Waals surface area (Å²) in [6.45, 7) is 1.80. The number of nitrogens with two attached hydrogens (primary N) is 1. The molecule has 11 heavy (non-hydrogen) atoms. The van der Waals surface area contributed by atoms with E-state index < -0.39 is 0 Å². The topological polar surface area (TPSA) is 62.2 Å². The lowest BCUT2D eigenvalue weighted by Crippen LogP contribution is -2.06. The zero-order chi connectivity index (χ0) is 8.69. The second kappa shape index (κ2) is 5.30. The minimum absolute atomic E-state index is 0.0786. The van der Waals surface area contributed by atoms with Crippen molar-refractivity contribution in [3.63, 3.8) is 0 Å². The average molecular weight is 145 g/mol. The second-order valence-electron chi connectivity index (χ2n) is 1.73. The van der Waals surface area contributed by atoms with E-state index in [2.05, 4.69) is 4.99 Å². The summed E-state index contributed by atoms with van der Waals surface area (Å²) in [5.74, 6) is -0.0786. The molecule has 54 valence electrons. The summed E-state index contributed by atoms with van der Waals surface area (Å²) in [6.07, 6.45) is 4.66. The fourth-order valence-corrected chi connectivity index (χ4v) is 0.329. The highest BCUT2D eigenvalue weighted by atomic mass is 14.8. The molecule has 0 fully saturated rings. The van der Waals surface area contributed by atoms with Crippen molar-refractivity contribution in [1.29, 1.82) is 5.26 Å². The molecule has 0 amide bonds. The summed E-state index contributed by atoms with van der Waals surface area (Å²) in [5, 5.41) is 8.17. The van der Waals surface area contributed by atoms with Gasteiger partial charge in [-0.2, -0.15) is 5.26 Å². The van der Waals surface area contributed by atoms with Crippen molar-refractivity contribution in [2.75, 3.05) is 0 Å². The standard InChI is InChI=1S/C7H8BN3/c1-2-6(8)3-4-11-7(10)5-9/h2-4H,1H3,(H2,10,11)/b4-3-,6-2+. The molecule has 0 aliphatic rings. The van der Waals surface area contributed by atoms with Crippen LogP contribution in [0.15, 0.2) is 28.8 Å². The van der Waals surface area contributed by atoms with Gasteiger partial charge in [0.05, 0.1) is 0 Å². The first kappa shape index (κ1) is 9.50. The van der Waals surface area contributed by atoms with Gasteiger partial charge in [0.15, 0.2) is 0 Å². The molecule has 0 aliphatic carbocycles. The molecule has 0 atom stereocenters. The highest BCUT2D eigenvalue weighted by molar-refractivity contribution is 6.23. The van der Waals surface area contributed by atoms with Crippen LogP contribution in [0.2, 0.25) is 0 Å². The first-order valence-electron chi connectivity index (χ1n) is 3.02. The Labute approximate surface area is 67.3 Å². The molecule has 0 heterocycles. The van der Waals surface area contributed by atoms with Crippen molar-refractivity contribution in [3.05, 3.63) is 23.8 Å². The molecular formula is C7H8BN3. The molecule has 4 heteroatoms. The number of nitriles is 1. The van der Waals surface area contributed by atoms with Crippen LogP contribution in [0, 0.1) is 11.3 Å². The predicted molar refractivity (Wildman–Crippen MR) is 45.9 cm³/mol. The van der Waals surface area contributed by atoms with Crippen molar-refractivity contribution in [2.45, 2.75) is 6.92 Å². The van der Waals surface area contributed by atoms with E-state index >= 15 is 0 Å². The van der Waals surface area contributed by atoms with Crippen LogP contribution in [-0.2, 0) is 0 Å². The number of nitrogens with zero attached hydrogens (tertiary/aromatic N) is 2. The van der Waals surface area contributed by atoms with E-state index in [0.29, 0.717) is 5.47 Å². The Bertz CT molecular complexity index is 245. The van der Waals surface area contributed by atoms with E-state index in [-0.39, 0.29) is 5.84 Å². The summed E-state index contributed by atoms with van der Waals surface area (Å²) < 4.78 is 0. The molecule has 0 bridgehead atoms. The maximum Gasteiger partial charge on any atom is 0.203 e. The van der Waals surface area contributed by atoms with Gasteiger partial charge < -0.3 is 5.73 Å². The molecule has 0 aromatic carbocycles. The van der Waals surface area contributed by atoms with Crippen molar-refractivity contribution < 1.29 is 0 Å². The third-order valence-electron chi connectivity index (χ3n) is 0.928. The van der Waals surface area contributed by atoms with E-state index in [9.17, 15) is 0 Å². The van der Waals surface area contributed by atoms with E-state index in [1.165, 1.54) is 6.20 Å². The van der Waals surface area contributed by atoms with Crippen LogP contribution in [0.1, 0.15) is 6.92 Å². The largest absolute Gasteiger partial charge is 0.375 e. The van der Waals surface area contributed by atoms with Crippen molar-refractivity contribution in [3.8, 4) is 6.07 Å². The van der Waals surface area contributed by atoms with Gasteiger partial charge in [0, 0.05) is 6.20 Å². The number of hydrogen-bond donors (Lipinski definition) is 1. The summed E-state index contributed by atoms with van der Waals surface area (Å²) >= 11 is 0. The Morgan fingerprint density at radius 1 is 1.73 bits per heavy atom. The van der Waals surface area contributed by atoms with Crippen LogP contribution in [0.25, 0.3) is 0 Å². The van der Waals surface area contributed by atoms with Gasteiger partial charge in [-0.15, -0.1) is 0 Å². The molecule has 0 aromatic rings. The van der Waals surface area contributed by atoms with Crippen molar-refractivity contribution in [1.82, 2.24) is 0 Å². The third-order valence-corrected chi connectivity index (χ3v) is 0.928. The van der Waals surface area contributed by atoms with Crippen molar-refractivity contribution in [2.24, 2.45) is 10.7 Å². The molecule has 0 saturated heterocycles. The molecular weight excluding hydrogens is 137 g/mol. The molecule has 0 rings (SSSR count). The minimum atomic E-state index is -0.0786. The fourth-order valence-electron chi connectivity index (χ4n) is 0.329. The Hall–Kier alpha value is -1.50. The number of rotatable bonds is 2. The SMILES string of the molecule is [B]C(/C=C\N=C(N)C#N)=C/C. The lowest BCUT2D eigenvalue weighted by molar-refractivity contribution is 1.47. The maximum absolute atomic E-state index is 8.17. The van der Waals surface area contributed by atoms with E-state index in [4.69, 9.17) is 18.8 Å². The molecule has 3 nitrogen and oxygen atoms in total. The Kier molecular flexibility index (Phi) is 4.58. The van der Waals surface area contributed by atoms with Crippen LogP contribution in [-0.4, -0.2) is 13.7 Å². The number of aliphatic imine (C=N–C) groups is 1. The average Bonchev–Trinajstić information content (AvgIpc) is 2.04. The van der Waals surface area contributed by atoms with Gasteiger partial charge in [-0.05, 0) is 6.92 Å². The van der Waals surface area contributed by atoms with Crippen LogP contribution < -0.4 is 5.73 Å². The first-order chi connectivity index (χ1) is 5.20. The van der Waals surface area contributed by atoms with Crippen LogP contribution in [0.4, 0.5) is 0 Å². The molecule has 0 saturated carbocycles. The zero-order valence-electron chi connectivity index (χ0n) is 6.28. The highest BCUT2D eigenvalue weighted by Gasteiger charge is 1.80. The summed E-state index contributed by atoms with van der Waals surface area (Å²) in [4.78, 5) is 3.56. The third kappa shape index (κ3) is 4.98. The molecule has 0 aromatic heterocycles. The molecule has 0 aliphatic heterocycles. The van der Waals surface area contributed by atoms with Gasteiger partial charge >= 0.3 is 0 Å². The van der Waals surface area contributed by atoms with E-state index in [1.807, 2.05) is 0 Å². The quantitative estimate of drug-likeness (QED) is 0.265. The normalized spacial score (nSPS) is 13.5. The second-order valence-corrected chi connectivity index (χ2v) is 1.73. The summed E-state index contributed by atoms with van der Waals surface area (Å²) in [7, 11) is 5.38. The fraction of sp³-hybridized carbons (Fsp3) is 0.143. The van der Waals surface area contributed by atoms with Gasteiger partial charge in [-0.25, -0.2) is 4.99 Å². The van der Waals surface area contributed by atoms with E-state index in [0.717, 1.165) is 0 Å². The first-order valence-corrected chi connectivity index (χ1v) is 3.02. The molecule has 0 unspecified atom stereocenters. The van der Waals surface area contributed by atoms with Gasteiger partial charge in [-0.3, -0.25) is 0 Å². The number of hydrogen-bond acceptors (Lipinski definition) is 2. The van der Waals surface area contributed by atoms with Crippen LogP contribution in [0.5, 0.6) is 0 Å². The van der Waals surface area contributed by atoms with Gasteiger partial charge in [0.25, 0.3) is 0 Å². The Morgan fingerprint density at radius 2 is 2.36 bits per heavy atom. The molecule has 2 N–H and O–H groups in total. The van der Waals surface area contributed by atoms with Crippen molar-refractivity contribution >= 4 is 13.7 Å². The number of amidine groups is 1. The zero-order valence-corrected chi connectivity index (χ0v) is 6.28. The monoisotopic (exact) mass is 145 g/mol. The van der Waals surface area contributed by atoms with Gasteiger partial charge in [-0.1, -0.05) is 17.6 Å². The summed E-state index contributed by atoms with van der Waals surface area (Å²) in [5.41, 5.74) is 5.66. The van der Waals surface area contributed by atoms with E-state index in [1.54, 1.807) is 25.1 Å². The van der Waals surface area contributed by atoms with Crippen LogP contribution >= 0.6 is 0 Å². The smallest absolute Gasteiger partial charge is 0.203 e. The Morgan fingerprint density at radius 3 is 2.82 bits per heavy atom. The highest BCUT2D eigenvalue weighted by Crippen LogP contribution is 1.88. The molecule has 2 radical (unpaired) electrons. The maximum atomic E-state index is 8.17. The van der Waals surface area contributed by atoms with Gasteiger partial charge in [0.1, 0.15) is 13.9 Å². The predicted octanol–water partition coefficient (Wildman–Crippen LogP) is 0.453. The lowest BCUT2D eigenvalue weighted by Gasteiger charge is -1.84. The van der Waals surface area contributed by atoms with Crippen LogP contribution in [0.3, 0.4) is 0 Å².